The number of piperidine rings is 1. The molecule has 9 nitrogen and oxygen atoms in total. The zero-order valence-corrected chi connectivity index (χ0v) is 19.2. The van der Waals surface area contributed by atoms with Crippen LogP contribution < -0.4 is 10.6 Å². The lowest BCUT2D eigenvalue weighted by Crippen LogP contribution is -2.49. The molecule has 1 unspecified atom stereocenters. The number of benzene rings is 1. The third-order valence-corrected chi connectivity index (χ3v) is 5.53. The number of carbonyl (C=O) groups excluding carboxylic acids is 3. The number of nitrogens with one attached hydrogen (secondary N) is 2. The molecule has 0 aliphatic carbocycles. The fourth-order valence-electron chi connectivity index (χ4n) is 3.85. The second-order valence-corrected chi connectivity index (χ2v) is 8.05. The molecule has 2 aliphatic heterocycles. The van der Waals surface area contributed by atoms with Crippen LogP contribution in [-0.2, 0) is 30.3 Å². The predicted molar refractivity (Wildman–Crippen MR) is 123 cm³/mol. The number of fused-ring (bicyclic) bond motifs is 1. The average molecular weight is 460 g/mol. The largest absolute Gasteiger partial charge is 0.379 e. The number of amides is 3. The van der Waals surface area contributed by atoms with E-state index in [2.05, 4.69) is 24.1 Å². The van der Waals surface area contributed by atoms with E-state index < -0.39 is 6.04 Å². The number of ether oxygens (including phenoxy) is 3. The molecule has 0 bridgehead atoms. The first-order chi connectivity index (χ1) is 16.0. The van der Waals surface area contributed by atoms with Gasteiger partial charge in [-0.1, -0.05) is 19.6 Å². The van der Waals surface area contributed by atoms with Crippen molar-refractivity contribution in [3.8, 4) is 0 Å². The van der Waals surface area contributed by atoms with Crippen LogP contribution in [0.25, 0.3) is 0 Å². The normalized spacial score (nSPS) is 17.8. The zero-order valence-electron chi connectivity index (χ0n) is 19.2. The standard InChI is InChI=1S/C24H33N3O6/c1-3-10-31-12-14-33-15-13-32-11-9-22(28)26-20-6-4-5-18-19(20)16-27(24(18)30)21-8-7-17(2)25-23(21)29/h4-6,21H,2-3,7-16H2,1H3,(H,25,29)(H,26,28). The molecule has 33 heavy (non-hydrogen) atoms. The van der Waals surface area contributed by atoms with Gasteiger partial charge in [0.2, 0.25) is 11.8 Å². The van der Waals surface area contributed by atoms with Crippen LogP contribution in [0.5, 0.6) is 0 Å². The highest BCUT2D eigenvalue weighted by atomic mass is 16.5. The number of rotatable bonds is 13. The van der Waals surface area contributed by atoms with Crippen molar-refractivity contribution in [2.75, 3.05) is 45.0 Å². The molecule has 0 radical (unpaired) electrons. The summed E-state index contributed by atoms with van der Waals surface area (Å²) in [6.07, 6.45) is 2.35. The lowest BCUT2D eigenvalue weighted by atomic mass is 10.0. The van der Waals surface area contributed by atoms with Gasteiger partial charge in [-0.05, 0) is 31.4 Å². The molecule has 1 aromatic carbocycles. The lowest BCUT2D eigenvalue weighted by Gasteiger charge is -2.31. The van der Waals surface area contributed by atoms with E-state index in [0.717, 1.165) is 18.6 Å². The van der Waals surface area contributed by atoms with Gasteiger partial charge in [-0.2, -0.15) is 0 Å². The van der Waals surface area contributed by atoms with E-state index in [1.807, 2.05) is 0 Å². The Balaban J connectivity index is 1.42. The van der Waals surface area contributed by atoms with Gasteiger partial charge in [0.25, 0.3) is 5.91 Å². The molecule has 1 atom stereocenters. The fraction of sp³-hybridized carbons (Fsp3) is 0.542. The van der Waals surface area contributed by atoms with Crippen LogP contribution in [0.15, 0.2) is 30.5 Å². The van der Waals surface area contributed by atoms with Crippen molar-refractivity contribution in [1.29, 1.82) is 0 Å². The summed E-state index contributed by atoms with van der Waals surface area (Å²) in [7, 11) is 0. The molecule has 3 amide bonds. The van der Waals surface area contributed by atoms with E-state index in [4.69, 9.17) is 14.2 Å². The summed E-state index contributed by atoms with van der Waals surface area (Å²) in [4.78, 5) is 39.2. The highest BCUT2D eigenvalue weighted by Gasteiger charge is 2.39. The monoisotopic (exact) mass is 459 g/mol. The highest BCUT2D eigenvalue weighted by molar-refractivity contribution is 6.04. The minimum atomic E-state index is -0.534. The Labute approximate surface area is 194 Å². The van der Waals surface area contributed by atoms with E-state index >= 15 is 0 Å². The summed E-state index contributed by atoms with van der Waals surface area (Å²) in [6, 6.07) is 4.69. The zero-order chi connectivity index (χ0) is 23.6. The van der Waals surface area contributed by atoms with Crippen molar-refractivity contribution < 1.29 is 28.6 Å². The summed E-state index contributed by atoms with van der Waals surface area (Å²) in [5.41, 5.74) is 2.50. The smallest absolute Gasteiger partial charge is 0.255 e. The van der Waals surface area contributed by atoms with Crippen molar-refractivity contribution in [2.45, 2.75) is 45.2 Å². The van der Waals surface area contributed by atoms with E-state index in [9.17, 15) is 14.4 Å². The average Bonchev–Trinajstić information content (AvgIpc) is 3.12. The van der Waals surface area contributed by atoms with Crippen molar-refractivity contribution in [3.63, 3.8) is 0 Å². The molecule has 0 spiro atoms. The molecule has 1 saturated heterocycles. The summed E-state index contributed by atoms with van der Waals surface area (Å²) >= 11 is 0. The molecular weight excluding hydrogens is 426 g/mol. The summed E-state index contributed by atoms with van der Waals surface area (Å²) < 4.78 is 16.2. The predicted octanol–water partition coefficient (Wildman–Crippen LogP) is 2.22. The van der Waals surface area contributed by atoms with Gasteiger partial charge in [-0.3, -0.25) is 14.4 Å². The maximum Gasteiger partial charge on any atom is 0.255 e. The number of nitrogens with zero attached hydrogens (tertiary/aromatic N) is 1. The van der Waals surface area contributed by atoms with Crippen LogP contribution >= 0.6 is 0 Å². The second kappa shape index (κ2) is 12.5. The molecule has 2 aliphatic rings. The molecule has 0 aromatic heterocycles. The minimum Gasteiger partial charge on any atom is -0.379 e. The van der Waals surface area contributed by atoms with Crippen molar-refractivity contribution in [2.24, 2.45) is 0 Å². The second-order valence-electron chi connectivity index (χ2n) is 8.05. The van der Waals surface area contributed by atoms with E-state index in [1.54, 1.807) is 23.1 Å². The van der Waals surface area contributed by atoms with Crippen LogP contribution in [0.2, 0.25) is 0 Å². The lowest BCUT2D eigenvalue weighted by molar-refractivity contribution is -0.126. The maximum absolute atomic E-state index is 12.9. The number of hydrogen-bond donors (Lipinski definition) is 2. The number of carbonyl (C=O) groups is 3. The summed E-state index contributed by atoms with van der Waals surface area (Å²) in [5.74, 6) is -0.611. The van der Waals surface area contributed by atoms with E-state index in [-0.39, 0.29) is 37.3 Å². The van der Waals surface area contributed by atoms with Gasteiger partial charge in [-0.15, -0.1) is 0 Å². The third kappa shape index (κ3) is 6.86. The van der Waals surface area contributed by atoms with Crippen LogP contribution in [0.4, 0.5) is 5.69 Å². The van der Waals surface area contributed by atoms with Gasteiger partial charge in [-0.25, -0.2) is 0 Å². The van der Waals surface area contributed by atoms with Crippen LogP contribution in [0.1, 0.15) is 48.5 Å². The minimum absolute atomic E-state index is 0.189. The summed E-state index contributed by atoms with van der Waals surface area (Å²) in [5, 5.41) is 5.60. The molecule has 180 valence electrons. The Morgan fingerprint density at radius 3 is 2.52 bits per heavy atom. The van der Waals surface area contributed by atoms with Gasteiger partial charge in [0.05, 0.1) is 39.5 Å². The van der Waals surface area contributed by atoms with Gasteiger partial charge in [0.1, 0.15) is 6.04 Å². The Hall–Kier alpha value is -2.75. The molecule has 2 N–H and O–H groups in total. The van der Waals surface area contributed by atoms with Crippen molar-refractivity contribution >= 4 is 23.4 Å². The topological polar surface area (TPSA) is 106 Å². The molecule has 3 rings (SSSR count). The van der Waals surface area contributed by atoms with Crippen molar-refractivity contribution in [1.82, 2.24) is 10.2 Å². The van der Waals surface area contributed by atoms with Crippen LogP contribution in [-0.4, -0.2) is 68.3 Å². The Morgan fingerprint density at radius 2 is 1.82 bits per heavy atom. The fourth-order valence-corrected chi connectivity index (χ4v) is 3.85. The van der Waals surface area contributed by atoms with Crippen LogP contribution in [0, 0.1) is 0 Å². The number of anilines is 1. The van der Waals surface area contributed by atoms with Gasteiger partial charge in [0, 0.05) is 35.7 Å². The Bertz CT molecular complexity index is 872. The van der Waals surface area contributed by atoms with Gasteiger partial charge in [0.15, 0.2) is 0 Å². The Morgan fingerprint density at radius 1 is 1.12 bits per heavy atom. The van der Waals surface area contributed by atoms with E-state index in [0.29, 0.717) is 56.2 Å². The maximum atomic E-state index is 12.9. The first-order valence-corrected chi connectivity index (χ1v) is 11.5. The molecule has 0 saturated carbocycles. The first-order valence-electron chi connectivity index (χ1n) is 11.5. The summed E-state index contributed by atoms with van der Waals surface area (Å²) in [6.45, 7) is 9.07. The first kappa shape index (κ1) is 24.9. The molecule has 1 aromatic rings. The highest BCUT2D eigenvalue weighted by Crippen LogP contribution is 2.32. The quantitative estimate of drug-likeness (QED) is 0.438. The Kier molecular flexibility index (Phi) is 9.41. The SMILES string of the molecule is C=C1CCC(N2Cc3c(NC(=O)CCOCCOCCOCCC)cccc3C2=O)C(=O)N1. The third-order valence-electron chi connectivity index (χ3n) is 5.53. The molecular formula is C24H33N3O6. The van der Waals surface area contributed by atoms with Gasteiger partial charge < -0.3 is 29.7 Å². The number of allylic oxidation sites excluding steroid dienone is 1. The van der Waals surface area contributed by atoms with Crippen LogP contribution in [0.3, 0.4) is 0 Å². The van der Waals surface area contributed by atoms with E-state index in [1.165, 1.54) is 0 Å². The number of hydrogen-bond acceptors (Lipinski definition) is 6. The van der Waals surface area contributed by atoms with Gasteiger partial charge >= 0.3 is 0 Å². The molecule has 1 fully saturated rings. The molecule has 2 heterocycles. The molecule has 9 heteroatoms. The van der Waals surface area contributed by atoms with Crippen molar-refractivity contribution in [3.05, 3.63) is 41.6 Å².